The van der Waals surface area contributed by atoms with Crippen LogP contribution in [0.2, 0.25) is 0 Å². The monoisotopic (exact) mass is 320 g/mol. The Bertz CT molecular complexity index is 813. The Kier molecular flexibility index (Phi) is 3.94. The van der Waals surface area contributed by atoms with Gasteiger partial charge in [-0.1, -0.05) is 30.3 Å². The molecule has 24 heavy (non-hydrogen) atoms. The van der Waals surface area contributed by atoms with Gasteiger partial charge in [0.1, 0.15) is 18.0 Å². The molecule has 1 aromatic carbocycles. The number of aryl methyl sites for hydroxylation is 1. The fourth-order valence-corrected chi connectivity index (χ4v) is 3.31. The number of benzene rings is 1. The molecule has 0 aliphatic carbocycles. The van der Waals surface area contributed by atoms with Crippen LogP contribution in [-0.2, 0) is 7.05 Å². The zero-order valence-corrected chi connectivity index (χ0v) is 13.7. The van der Waals surface area contributed by atoms with Gasteiger partial charge in [-0.2, -0.15) is 0 Å². The Morgan fingerprint density at radius 2 is 2.00 bits per heavy atom. The number of nitrogens with zero attached hydrogens (tertiary/aromatic N) is 6. The molecule has 0 bridgehead atoms. The lowest BCUT2D eigenvalue weighted by atomic mass is 9.97. The predicted octanol–water partition coefficient (Wildman–Crippen LogP) is 2.66. The van der Waals surface area contributed by atoms with Crippen LogP contribution >= 0.6 is 0 Å². The van der Waals surface area contributed by atoms with Gasteiger partial charge in [0.15, 0.2) is 5.82 Å². The first-order chi connectivity index (χ1) is 11.8. The maximum absolute atomic E-state index is 4.78. The standard InChI is InChI=1S/C18H20N6/c1-23-13-20-22-18(23)15-8-5-11-24(12-15)16-9-10-19-17(21-16)14-6-3-2-4-7-14/h2-4,6-7,9-10,13,15H,5,8,11-12H2,1H3/t15-/m1/s1. The number of hydrogen-bond donors (Lipinski definition) is 0. The van der Waals surface area contributed by atoms with Crippen LogP contribution in [0.1, 0.15) is 24.6 Å². The second-order valence-corrected chi connectivity index (χ2v) is 6.19. The highest BCUT2D eigenvalue weighted by Gasteiger charge is 2.25. The summed E-state index contributed by atoms with van der Waals surface area (Å²) in [4.78, 5) is 11.5. The van der Waals surface area contributed by atoms with Crippen molar-refractivity contribution in [2.75, 3.05) is 18.0 Å². The summed E-state index contributed by atoms with van der Waals surface area (Å²) in [5, 5.41) is 8.30. The van der Waals surface area contributed by atoms with E-state index in [4.69, 9.17) is 4.98 Å². The lowest BCUT2D eigenvalue weighted by molar-refractivity contribution is 0.477. The maximum atomic E-state index is 4.78. The second kappa shape index (κ2) is 6.39. The topological polar surface area (TPSA) is 59.7 Å². The molecule has 2 aromatic heterocycles. The maximum Gasteiger partial charge on any atom is 0.161 e. The number of hydrogen-bond acceptors (Lipinski definition) is 5. The molecular formula is C18H20N6. The summed E-state index contributed by atoms with van der Waals surface area (Å²) < 4.78 is 2.02. The lowest BCUT2D eigenvalue weighted by Gasteiger charge is -2.33. The van der Waals surface area contributed by atoms with Crippen molar-refractivity contribution in [1.82, 2.24) is 24.7 Å². The Hall–Kier alpha value is -2.76. The number of aromatic nitrogens is 5. The summed E-state index contributed by atoms with van der Waals surface area (Å²) in [6.07, 6.45) is 5.88. The molecule has 0 spiro atoms. The molecule has 1 aliphatic heterocycles. The minimum atomic E-state index is 0.390. The van der Waals surface area contributed by atoms with Crippen molar-refractivity contribution in [1.29, 1.82) is 0 Å². The summed E-state index contributed by atoms with van der Waals surface area (Å²) in [6, 6.07) is 12.1. The van der Waals surface area contributed by atoms with Crippen LogP contribution in [0.4, 0.5) is 5.82 Å². The quantitative estimate of drug-likeness (QED) is 0.742. The summed E-state index contributed by atoms with van der Waals surface area (Å²) in [6.45, 7) is 1.93. The van der Waals surface area contributed by atoms with E-state index in [0.717, 1.165) is 49.0 Å². The molecule has 3 heterocycles. The molecular weight excluding hydrogens is 300 g/mol. The highest BCUT2D eigenvalue weighted by molar-refractivity contribution is 5.57. The Morgan fingerprint density at radius 3 is 2.79 bits per heavy atom. The molecule has 6 nitrogen and oxygen atoms in total. The predicted molar refractivity (Wildman–Crippen MR) is 92.7 cm³/mol. The van der Waals surface area contributed by atoms with E-state index < -0.39 is 0 Å². The third kappa shape index (κ3) is 2.87. The number of rotatable bonds is 3. The van der Waals surface area contributed by atoms with E-state index >= 15 is 0 Å². The molecule has 1 saturated heterocycles. The zero-order chi connectivity index (χ0) is 16.4. The molecule has 4 rings (SSSR count). The Morgan fingerprint density at radius 1 is 1.12 bits per heavy atom. The van der Waals surface area contributed by atoms with Crippen molar-refractivity contribution >= 4 is 5.82 Å². The number of piperidine rings is 1. The molecule has 0 saturated carbocycles. The van der Waals surface area contributed by atoms with Crippen LogP contribution in [0.5, 0.6) is 0 Å². The minimum Gasteiger partial charge on any atom is -0.356 e. The van der Waals surface area contributed by atoms with Crippen molar-refractivity contribution in [2.45, 2.75) is 18.8 Å². The van der Waals surface area contributed by atoms with Crippen molar-refractivity contribution in [3.05, 3.63) is 54.7 Å². The van der Waals surface area contributed by atoms with Crippen LogP contribution in [-0.4, -0.2) is 37.8 Å². The highest BCUT2D eigenvalue weighted by atomic mass is 15.3. The average molecular weight is 320 g/mol. The molecule has 122 valence electrons. The van der Waals surface area contributed by atoms with Gasteiger partial charge >= 0.3 is 0 Å². The third-order valence-corrected chi connectivity index (χ3v) is 4.53. The van der Waals surface area contributed by atoms with Crippen LogP contribution < -0.4 is 4.90 Å². The molecule has 0 N–H and O–H groups in total. The molecule has 1 aliphatic rings. The summed E-state index contributed by atoms with van der Waals surface area (Å²) in [5.74, 6) is 3.20. The van der Waals surface area contributed by atoms with E-state index in [-0.39, 0.29) is 0 Å². The lowest BCUT2D eigenvalue weighted by Crippen LogP contribution is -2.35. The van der Waals surface area contributed by atoms with Crippen molar-refractivity contribution < 1.29 is 0 Å². The highest BCUT2D eigenvalue weighted by Crippen LogP contribution is 2.28. The minimum absolute atomic E-state index is 0.390. The third-order valence-electron chi connectivity index (χ3n) is 4.53. The van der Waals surface area contributed by atoms with Crippen molar-refractivity contribution in [3.63, 3.8) is 0 Å². The summed E-state index contributed by atoms with van der Waals surface area (Å²) in [5.41, 5.74) is 1.04. The first-order valence-electron chi connectivity index (χ1n) is 8.28. The van der Waals surface area contributed by atoms with Gasteiger partial charge in [-0.3, -0.25) is 0 Å². The van der Waals surface area contributed by atoms with E-state index in [1.54, 1.807) is 6.33 Å². The molecule has 1 atom stereocenters. The van der Waals surface area contributed by atoms with Crippen LogP contribution in [0, 0.1) is 0 Å². The van der Waals surface area contributed by atoms with E-state index in [2.05, 4.69) is 20.1 Å². The fourth-order valence-electron chi connectivity index (χ4n) is 3.31. The van der Waals surface area contributed by atoms with Gasteiger partial charge in [-0.15, -0.1) is 10.2 Å². The molecule has 3 aromatic rings. The normalized spacial score (nSPS) is 17.9. The smallest absolute Gasteiger partial charge is 0.161 e. The van der Waals surface area contributed by atoms with E-state index in [9.17, 15) is 0 Å². The molecule has 1 fully saturated rings. The largest absolute Gasteiger partial charge is 0.356 e. The van der Waals surface area contributed by atoms with E-state index in [1.807, 2.05) is 54.2 Å². The van der Waals surface area contributed by atoms with Crippen molar-refractivity contribution in [3.8, 4) is 11.4 Å². The van der Waals surface area contributed by atoms with E-state index in [0.29, 0.717) is 5.92 Å². The fraction of sp³-hybridized carbons (Fsp3) is 0.333. The van der Waals surface area contributed by atoms with Crippen LogP contribution in [0.3, 0.4) is 0 Å². The van der Waals surface area contributed by atoms with Crippen molar-refractivity contribution in [2.24, 2.45) is 7.05 Å². The number of anilines is 1. The Labute approximate surface area is 141 Å². The first-order valence-corrected chi connectivity index (χ1v) is 8.28. The Balaban J connectivity index is 1.58. The van der Waals surface area contributed by atoms with Gasteiger partial charge in [0.05, 0.1) is 0 Å². The SMILES string of the molecule is Cn1cnnc1[C@@H]1CCCN(c2ccnc(-c3ccccc3)n2)C1. The molecule has 0 amide bonds. The van der Waals surface area contributed by atoms with Gasteiger partial charge in [0.2, 0.25) is 0 Å². The van der Waals surface area contributed by atoms with Gasteiger partial charge in [-0.05, 0) is 18.9 Å². The molecule has 6 heteroatoms. The second-order valence-electron chi connectivity index (χ2n) is 6.19. The van der Waals surface area contributed by atoms with Gasteiger partial charge in [-0.25, -0.2) is 9.97 Å². The first kappa shape index (κ1) is 14.8. The van der Waals surface area contributed by atoms with Gasteiger partial charge < -0.3 is 9.47 Å². The van der Waals surface area contributed by atoms with E-state index in [1.165, 1.54) is 0 Å². The summed E-state index contributed by atoms with van der Waals surface area (Å²) >= 11 is 0. The molecule has 0 radical (unpaired) electrons. The van der Waals surface area contributed by atoms with Gasteiger partial charge in [0, 0.05) is 37.8 Å². The molecule has 0 unspecified atom stereocenters. The zero-order valence-electron chi connectivity index (χ0n) is 13.7. The summed E-state index contributed by atoms with van der Waals surface area (Å²) in [7, 11) is 2.01. The average Bonchev–Trinajstić information content (AvgIpc) is 3.09. The van der Waals surface area contributed by atoms with Crippen LogP contribution in [0.25, 0.3) is 11.4 Å². The van der Waals surface area contributed by atoms with Crippen LogP contribution in [0.15, 0.2) is 48.9 Å². The van der Waals surface area contributed by atoms with Gasteiger partial charge in [0.25, 0.3) is 0 Å².